The Bertz CT molecular complexity index is 313. The van der Waals surface area contributed by atoms with Crippen LogP contribution >= 0.6 is 0 Å². The van der Waals surface area contributed by atoms with Crippen LogP contribution in [-0.4, -0.2) is 5.84 Å². The number of hydrazine groups is 1. The highest BCUT2D eigenvalue weighted by atomic mass is 15.3. The maximum atomic E-state index is 5.25. The zero-order chi connectivity index (χ0) is 10.6. The molecule has 0 saturated heterocycles. The first kappa shape index (κ1) is 10.5. The van der Waals surface area contributed by atoms with Crippen molar-refractivity contribution in [3.8, 4) is 0 Å². The van der Waals surface area contributed by atoms with E-state index < -0.39 is 0 Å². The lowest BCUT2D eigenvalue weighted by atomic mass is 10.0. The minimum absolute atomic E-state index is 0.486. The van der Waals surface area contributed by atoms with E-state index in [4.69, 9.17) is 11.7 Å². The van der Waals surface area contributed by atoms with E-state index in [9.17, 15) is 0 Å². The highest BCUT2D eigenvalue weighted by Crippen LogP contribution is 2.14. The van der Waals surface area contributed by atoms with Gasteiger partial charge in [-0.2, -0.15) is 5.10 Å². The molecule has 0 saturated carbocycles. The molecule has 0 bridgehead atoms. The second-order valence-electron chi connectivity index (χ2n) is 3.40. The van der Waals surface area contributed by atoms with E-state index in [1.807, 2.05) is 24.3 Å². The summed E-state index contributed by atoms with van der Waals surface area (Å²) in [6.45, 7) is 4.29. The van der Waals surface area contributed by atoms with E-state index in [1.54, 1.807) is 0 Å². The maximum absolute atomic E-state index is 5.25. The number of hydrogen-bond acceptors (Lipinski definition) is 3. The average molecular weight is 192 g/mol. The molecule has 0 radical (unpaired) electrons. The van der Waals surface area contributed by atoms with E-state index in [0.717, 1.165) is 5.56 Å². The molecule has 14 heavy (non-hydrogen) atoms. The molecular formula is C10H16N4. The molecule has 4 nitrogen and oxygen atoms in total. The summed E-state index contributed by atoms with van der Waals surface area (Å²) in [5, 5.41) is 3.53. The first-order valence-corrected chi connectivity index (χ1v) is 4.54. The van der Waals surface area contributed by atoms with Crippen LogP contribution in [0.5, 0.6) is 0 Å². The Morgan fingerprint density at radius 1 is 1.29 bits per heavy atom. The van der Waals surface area contributed by atoms with Crippen LogP contribution in [0, 0.1) is 0 Å². The fraction of sp³-hybridized carbons (Fsp3) is 0.300. The van der Waals surface area contributed by atoms with Crippen LogP contribution in [0.25, 0.3) is 0 Å². The molecule has 0 aliphatic rings. The molecule has 1 rings (SSSR count). The van der Waals surface area contributed by atoms with Gasteiger partial charge in [0, 0.05) is 5.56 Å². The van der Waals surface area contributed by atoms with E-state index in [1.165, 1.54) is 5.56 Å². The highest BCUT2D eigenvalue weighted by Gasteiger charge is 2.02. The largest absolute Gasteiger partial charge is 0.321 e. The number of rotatable bonds is 2. The van der Waals surface area contributed by atoms with Crippen LogP contribution in [0.1, 0.15) is 30.9 Å². The predicted molar refractivity (Wildman–Crippen MR) is 58.6 cm³/mol. The lowest BCUT2D eigenvalue weighted by molar-refractivity contribution is 0.866. The topological polar surface area (TPSA) is 76.4 Å². The highest BCUT2D eigenvalue weighted by molar-refractivity contribution is 5.98. The Labute approximate surface area is 84.0 Å². The maximum Gasteiger partial charge on any atom is 0.166 e. The fourth-order valence-corrected chi connectivity index (χ4v) is 1.22. The quantitative estimate of drug-likeness (QED) is 0.282. The normalized spacial score (nSPS) is 11.9. The van der Waals surface area contributed by atoms with Crippen LogP contribution in [0.15, 0.2) is 29.4 Å². The standard InChI is InChI=1S/C10H16N4/c1-7(2)8-3-5-9(6-4-8)10(13-11)14-12/h3-7H,11-12H2,1-2H3,(H,13,14). The van der Waals surface area contributed by atoms with Gasteiger partial charge in [0.15, 0.2) is 5.84 Å². The second-order valence-corrected chi connectivity index (χ2v) is 3.40. The minimum atomic E-state index is 0.486. The molecule has 0 spiro atoms. The molecule has 0 amide bonds. The first-order chi connectivity index (χ1) is 6.69. The summed E-state index contributed by atoms with van der Waals surface area (Å²) < 4.78 is 0. The Morgan fingerprint density at radius 2 is 1.86 bits per heavy atom. The van der Waals surface area contributed by atoms with E-state index in [0.29, 0.717) is 11.8 Å². The zero-order valence-corrected chi connectivity index (χ0v) is 8.49. The van der Waals surface area contributed by atoms with Crippen LogP contribution < -0.4 is 17.1 Å². The van der Waals surface area contributed by atoms with Crippen molar-refractivity contribution < 1.29 is 0 Å². The van der Waals surface area contributed by atoms with Crippen molar-refractivity contribution in [1.29, 1.82) is 0 Å². The number of benzene rings is 1. The molecule has 0 heterocycles. The van der Waals surface area contributed by atoms with Gasteiger partial charge in [0.1, 0.15) is 0 Å². The van der Waals surface area contributed by atoms with E-state index in [2.05, 4.69) is 24.4 Å². The average Bonchev–Trinajstić information content (AvgIpc) is 2.20. The Balaban J connectivity index is 2.93. The molecule has 5 N–H and O–H groups in total. The van der Waals surface area contributed by atoms with Crippen molar-refractivity contribution in [3.05, 3.63) is 35.4 Å². The van der Waals surface area contributed by atoms with E-state index in [-0.39, 0.29) is 0 Å². The summed E-state index contributed by atoms with van der Waals surface area (Å²) in [6.07, 6.45) is 0. The van der Waals surface area contributed by atoms with Crippen molar-refractivity contribution in [2.45, 2.75) is 19.8 Å². The van der Waals surface area contributed by atoms with Gasteiger partial charge in [0.2, 0.25) is 0 Å². The monoisotopic (exact) mass is 192 g/mol. The lowest BCUT2D eigenvalue weighted by Gasteiger charge is -2.07. The van der Waals surface area contributed by atoms with Gasteiger partial charge < -0.3 is 11.3 Å². The van der Waals surface area contributed by atoms with Gasteiger partial charge in [-0.3, -0.25) is 0 Å². The molecule has 0 aliphatic carbocycles. The summed E-state index contributed by atoms with van der Waals surface area (Å²) in [7, 11) is 0. The third-order valence-electron chi connectivity index (χ3n) is 2.12. The number of hydrazone groups is 1. The number of nitrogens with zero attached hydrogens (tertiary/aromatic N) is 1. The van der Waals surface area contributed by atoms with Crippen molar-refractivity contribution in [1.82, 2.24) is 5.43 Å². The SMILES string of the molecule is CC(C)c1ccc(/C(=N/N)NN)cc1. The molecule has 1 aromatic rings. The Morgan fingerprint density at radius 3 is 2.21 bits per heavy atom. The Kier molecular flexibility index (Phi) is 3.48. The molecule has 4 heteroatoms. The molecule has 0 unspecified atom stereocenters. The number of hydrogen-bond donors (Lipinski definition) is 3. The first-order valence-electron chi connectivity index (χ1n) is 4.54. The number of amidine groups is 1. The van der Waals surface area contributed by atoms with Gasteiger partial charge in [-0.15, -0.1) is 0 Å². The second kappa shape index (κ2) is 4.62. The van der Waals surface area contributed by atoms with Gasteiger partial charge in [0.05, 0.1) is 0 Å². The number of nitrogens with two attached hydrogens (primary N) is 2. The predicted octanol–water partition coefficient (Wildman–Crippen LogP) is 0.894. The van der Waals surface area contributed by atoms with Crippen molar-refractivity contribution in [3.63, 3.8) is 0 Å². The summed E-state index contributed by atoms with van der Waals surface area (Å²) in [4.78, 5) is 0. The van der Waals surface area contributed by atoms with Gasteiger partial charge in [-0.25, -0.2) is 5.84 Å². The van der Waals surface area contributed by atoms with Crippen molar-refractivity contribution in [2.75, 3.05) is 0 Å². The van der Waals surface area contributed by atoms with Gasteiger partial charge in [-0.1, -0.05) is 38.1 Å². The van der Waals surface area contributed by atoms with Crippen LogP contribution in [0.3, 0.4) is 0 Å². The molecule has 1 aromatic carbocycles. The Hall–Kier alpha value is -1.55. The van der Waals surface area contributed by atoms with Gasteiger partial charge in [0.25, 0.3) is 0 Å². The zero-order valence-electron chi connectivity index (χ0n) is 8.49. The summed E-state index contributed by atoms with van der Waals surface area (Å²) >= 11 is 0. The third kappa shape index (κ3) is 2.23. The molecular weight excluding hydrogens is 176 g/mol. The minimum Gasteiger partial charge on any atom is -0.321 e. The third-order valence-corrected chi connectivity index (χ3v) is 2.12. The number of nitrogens with one attached hydrogen (secondary N) is 1. The fourth-order valence-electron chi connectivity index (χ4n) is 1.22. The molecule has 0 aromatic heterocycles. The van der Waals surface area contributed by atoms with Crippen molar-refractivity contribution >= 4 is 5.84 Å². The molecule has 76 valence electrons. The van der Waals surface area contributed by atoms with E-state index >= 15 is 0 Å². The van der Waals surface area contributed by atoms with Gasteiger partial charge >= 0.3 is 0 Å². The summed E-state index contributed by atoms with van der Waals surface area (Å²) in [5.41, 5.74) is 4.61. The summed E-state index contributed by atoms with van der Waals surface area (Å²) in [5.74, 6) is 11.4. The van der Waals surface area contributed by atoms with Crippen LogP contribution in [-0.2, 0) is 0 Å². The van der Waals surface area contributed by atoms with Crippen LogP contribution in [0.2, 0.25) is 0 Å². The smallest absolute Gasteiger partial charge is 0.166 e. The lowest BCUT2D eigenvalue weighted by Crippen LogP contribution is -2.32. The molecule has 0 fully saturated rings. The van der Waals surface area contributed by atoms with Gasteiger partial charge in [-0.05, 0) is 11.5 Å². The van der Waals surface area contributed by atoms with Crippen molar-refractivity contribution in [2.24, 2.45) is 16.8 Å². The molecule has 0 atom stereocenters. The molecule has 0 aliphatic heterocycles. The summed E-state index contributed by atoms with van der Waals surface area (Å²) in [6, 6.07) is 7.98. The van der Waals surface area contributed by atoms with Crippen LogP contribution in [0.4, 0.5) is 0 Å².